The first-order valence-electron chi connectivity index (χ1n) is 9.32. The lowest BCUT2D eigenvalue weighted by Gasteiger charge is -2.26. The number of nitrogens with two attached hydrogens (primary N) is 1. The second-order valence-corrected chi connectivity index (χ2v) is 6.60. The van der Waals surface area contributed by atoms with Crippen molar-refractivity contribution in [3.63, 3.8) is 0 Å². The van der Waals surface area contributed by atoms with Crippen LogP contribution in [0.25, 0.3) is 0 Å². The Morgan fingerprint density at radius 2 is 1.75 bits per heavy atom. The Labute approximate surface area is 181 Å². The van der Waals surface area contributed by atoms with Gasteiger partial charge in [0.25, 0.3) is 5.91 Å². The van der Waals surface area contributed by atoms with E-state index in [0.717, 1.165) is 18.8 Å². The summed E-state index contributed by atoms with van der Waals surface area (Å²) in [6.45, 7) is 8.90. The van der Waals surface area contributed by atoms with Crippen molar-refractivity contribution < 1.29 is 4.79 Å². The molecule has 28 heavy (non-hydrogen) atoms. The number of carbonyl (C=O) groups excluding carboxylic acids is 1. The summed E-state index contributed by atoms with van der Waals surface area (Å²) in [5, 5.41) is 0. The van der Waals surface area contributed by atoms with Crippen molar-refractivity contribution in [1.29, 1.82) is 0 Å². The van der Waals surface area contributed by atoms with Gasteiger partial charge >= 0.3 is 0 Å². The molecular formula is C21H32Cl2N4O. The molecule has 0 bridgehead atoms. The fourth-order valence-corrected chi connectivity index (χ4v) is 3.04. The molecule has 0 saturated carbocycles. The highest BCUT2D eigenvalue weighted by Gasteiger charge is 2.17. The van der Waals surface area contributed by atoms with E-state index in [2.05, 4.69) is 42.8 Å². The number of hydrogen-bond donors (Lipinski definition) is 1. The van der Waals surface area contributed by atoms with Crippen LogP contribution in [0.5, 0.6) is 0 Å². The highest BCUT2D eigenvalue weighted by molar-refractivity contribution is 5.94. The molecule has 156 valence electrons. The number of halogens is 2. The van der Waals surface area contributed by atoms with Gasteiger partial charge in [0.1, 0.15) is 5.82 Å². The molecule has 0 aliphatic heterocycles. The fourth-order valence-electron chi connectivity index (χ4n) is 3.04. The number of anilines is 1. The van der Waals surface area contributed by atoms with E-state index in [1.54, 1.807) is 6.20 Å². The van der Waals surface area contributed by atoms with Crippen molar-refractivity contribution in [2.24, 2.45) is 5.73 Å². The summed E-state index contributed by atoms with van der Waals surface area (Å²) in [6, 6.07) is 14.3. The van der Waals surface area contributed by atoms with Crippen LogP contribution in [0.1, 0.15) is 36.7 Å². The summed E-state index contributed by atoms with van der Waals surface area (Å²) in [4.78, 5) is 21.4. The quantitative estimate of drug-likeness (QED) is 0.661. The molecule has 0 aliphatic carbocycles. The minimum Gasteiger partial charge on any atom is -0.354 e. The van der Waals surface area contributed by atoms with E-state index in [1.165, 1.54) is 5.56 Å². The van der Waals surface area contributed by atoms with Gasteiger partial charge in [0.15, 0.2) is 0 Å². The van der Waals surface area contributed by atoms with Gasteiger partial charge in [-0.2, -0.15) is 0 Å². The first-order valence-corrected chi connectivity index (χ1v) is 9.32. The molecule has 2 aromatic rings. The Morgan fingerprint density at radius 3 is 2.25 bits per heavy atom. The fraction of sp³-hybridized carbons (Fsp3) is 0.429. The smallest absolute Gasteiger partial charge is 0.255 e. The lowest BCUT2D eigenvalue weighted by molar-refractivity contribution is 0.0761. The zero-order valence-electron chi connectivity index (χ0n) is 16.9. The van der Waals surface area contributed by atoms with Crippen LogP contribution in [-0.2, 0) is 6.42 Å². The van der Waals surface area contributed by atoms with Gasteiger partial charge < -0.3 is 15.5 Å². The summed E-state index contributed by atoms with van der Waals surface area (Å²) in [5.41, 5.74) is 7.53. The average molecular weight is 427 g/mol. The van der Waals surface area contributed by atoms with Gasteiger partial charge in [0, 0.05) is 38.4 Å². The predicted octanol–water partition coefficient (Wildman–Crippen LogP) is 3.80. The molecule has 1 aromatic heterocycles. The van der Waals surface area contributed by atoms with Crippen molar-refractivity contribution in [2.75, 3.05) is 31.1 Å². The lowest BCUT2D eigenvalue weighted by Crippen LogP contribution is -2.37. The Morgan fingerprint density at radius 1 is 1.07 bits per heavy atom. The molecule has 0 unspecified atom stereocenters. The van der Waals surface area contributed by atoms with E-state index >= 15 is 0 Å². The van der Waals surface area contributed by atoms with Gasteiger partial charge in [-0.25, -0.2) is 4.98 Å². The molecule has 5 nitrogen and oxygen atoms in total. The summed E-state index contributed by atoms with van der Waals surface area (Å²) in [6.07, 6.45) is 2.49. The van der Waals surface area contributed by atoms with Crippen LogP contribution < -0.4 is 10.6 Å². The maximum absolute atomic E-state index is 12.9. The molecule has 1 aromatic carbocycles. The molecule has 0 fully saturated rings. The first kappa shape index (κ1) is 26.2. The number of aromatic nitrogens is 1. The molecule has 2 rings (SSSR count). The van der Waals surface area contributed by atoms with E-state index < -0.39 is 0 Å². The molecule has 1 amide bonds. The van der Waals surface area contributed by atoms with Crippen LogP contribution >= 0.6 is 24.8 Å². The number of nitrogens with zero attached hydrogens (tertiary/aromatic N) is 3. The van der Waals surface area contributed by atoms with Crippen LogP contribution in [0.15, 0.2) is 48.7 Å². The van der Waals surface area contributed by atoms with Crippen molar-refractivity contribution in [3.05, 3.63) is 59.8 Å². The number of amides is 1. The van der Waals surface area contributed by atoms with Crippen LogP contribution in [0.2, 0.25) is 0 Å². The molecular weight excluding hydrogens is 395 g/mol. The normalized spacial score (nSPS) is 10.0. The Kier molecular flexibility index (Phi) is 12.5. The van der Waals surface area contributed by atoms with E-state index in [0.29, 0.717) is 31.2 Å². The summed E-state index contributed by atoms with van der Waals surface area (Å²) >= 11 is 0. The number of benzene rings is 1. The maximum atomic E-state index is 12.9. The zero-order valence-corrected chi connectivity index (χ0v) is 18.5. The van der Waals surface area contributed by atoms with Gasteiger partial charge in [-0.15, -0.1) is 24.8 Å². The SMILES string of the molecule is CCN(c1ccc(C(=O)N(CCN)CCc2ccccc2)cn1)C(C)C.Cl.Cl. The zero-order chi connectivity index (χ0) is 18.9. The third-order valence-corrected chi connectivity index (χ3v) is 4.45. The monoisotopic (exact) mass is 426 g/mol. The standard InChI is InChI=1S/C21H30N4O.2ClH/c1-4-25(17(2)3)20-11-10-19(16-23-20)21(26)24(15-13-22)14-12-18-8-6-5-7-9-18;;/h5-11,16-17H,4,12-15,22H2,1-3H3;2*1H. The molecule has 0 aliphatic rings. The third-order valence-electron chi connectivity index (χ3n) is 4.45. The van der Waals surface area contributed by atoms with E-state index in [4.69, 9.17) is 5.73 Å². The first-order chi connectivity index (χ1) is 12.6. The average Bonchev–Trinajstić information content (AvgIpc) is 2.66. The van der Waals surface area contributed by atoms with Crippen molar-refractivity contribution in [1.82, 2.24) is 9.88 Å². The predicted molar refractivity (Wildman–Crippen MR) is 122 cm³/mol. The highest BCUT2D eigenvalue weighted by Crippen LogP contribution is 2.15. The van der Waals surface area contributed by atoms with Crippen LogP contribution in [0, 0.1) is 0 Å². The molecule has 0 radical (unpaired) electrons. The van der Waals surface area contributed by atoms with Gasteiger partial charge in [0.2, 0.25) is 0 Å². The minimum atomic E-state index is -0.0157. The van der Waals surface area contributed by atoms with Crippen molar-refractivity contribution in [2.45, 2.75) is 33.2 Å². The van der Waals surface area contributed by atoms with Crippen molar-refractivity contribution in [3.8, 4) is 0 Å². The van der Waals surface area contributed by atoms with Crippen LogP contribution in [-0.4, -0.2) is 48.0 Å². The third kappa shape index (κ3) is 7.30. The Hall–Kier alpha value is -1.82. The number of pyridine rings is 1. The number of rotatable bonds is 9. The molecule has 1 heterocycles. The van der Waals surface area contributed by atoms with Gasteiger partial charge in [-0.05, 0) is 44.9 Å². The molecule has 0 saturated heterocycles. The number of hydrogen-bond acceptors (Lipinski definition) is 4. The second-order valence-electron chi connectivity index (χ2n) is 6.60. The van der Waals surface area contributed by atoms with Gasteiger partial charge in [-0.3, -0.25) is 4.79 Å². The molecule has 0 spiro atoms. The van der Waals surface area contributed by atoms with Gasteiger partial charge in [-0.1, -0.05) is 30.3 Å². The lowest BCUT2D eigenvalue weighted by atomic mass is 10.1. The maximum Gasteiger partial charge on any atom is 0.255 e. The summed E-state index contributed by atoms with van der Waals surface area (Å²) in [5.74, 6) is 0.881. The Balaban J connectivity index is 0.00000364. The van der Waals surface area contributed by atoms with Gasteiger partial charge in [0.05, 0.1) is 5.56 Å². The molecule has 2 N–H and O–H groups in total. The van der Waals surface area contributed by atoms with Crippen LogP contribution in [0.4, 0.5) is 5.82 Å². The van der Waals surface area contributed by atoms with E-state index in [9.17, 15) is 4.79 Å². The second kappa shape index (κ2) is 13.4. The number of carbonyl (C=O) groups is 1. The summed E-state index contributed by atoms with van der Waals surface area (Å²) in [7, 11) is 0. The summed E-state index contributed by atoms with van der Waals surface area (Å²) < 4.78 is 0. The Bertz CT molecular complexity index is 681. The molecule has 7 heteroatoms. The van der Waals surface area contributed by atoms with Crippen LogP contribution in [0.3, 0.4) is 0 Å². The molecule has 0 atom stereocenters. The topological polar surface area (TPSA) is 62.5 Å². The minimum absolute atomic E-state index is 0. The largest absolute Gasteiger partial charge is 0.354 e. The van der Waals surface area contributed by atoms with E-state index in [-0.39, 0.29) is 30.7 Å². The van der Waals surface area contributed by atoms with E-state index in [1.807, 2.05) is 35.2 Å². The highest BCUT2D eigenvalue weighted by atomic mass is 35.5. The van der Waals surface area contributed by atoms with Crippen molar-refractivity contribution >= 4 is 36.5 Å².